The second kappa shape index (κ2) is 3.26. The van der Waals surface area contributed by atoms with Crippen LogP contribution in [-0.2, 0) is 6.42 Å². The van der Waals surface area contributed by atoms with E-state index in [0.717, 1.165) is 6.42 Å². The molecular weight excluding hydrogens is 218 g/mol. The summed E-state index contributed by atoms with van der Waals surface area (Å²) in [7, 11) is 0. The largest absolute Gasteiger partial charge is 0.358 e. The van der Waals surface area contributed by atoms with Crippen LogP contribution in [0.15, 0.2) is 36.4 Å². The maximum Gasteiger partial charge on any atom is 0.0467 e. The molecule has 0 unspecified atom stereocenters. The standard InChI is InChI=1S/C17H15N/c1-10-7-11(2)16-14(8-10)18-15-9-12-5-3-4-6-13(12)17(15)16/h3-8,18H,9H2,1-2H3. The predicted octanol–water partition coefficient (Wildman–Crippen LogP) is 4.36. The van der Waals surface area contributed by atoms with Gasteiger partial charge in [-0.25, -0.2) is 0 Å². The van der Waals surface area contributed by atoms with E-state index in [9.17, 15) is 0 Å². The van der Waals surface area contributed by atoms with Gasteiger partial charge in [0.05, 0.1) is 0 Å². The Hall–Kier alpha value is -2.02. The van der Waals surface area contributed by atoms with Gasteiger partial charge in [0.15, 0.2) is 0 Å². The lowest BCUT2D eigenvalue weighted by molar-refractivity contribution is 1.17. The van der Waals surface area contributed by atoms with Crippen LogP contribution >= 0.6 is 0 Å². The number of hydrogen-bond donors (Lipinski definition) is 1. The van der Waals surface area contributed by atoms with Crippen molar-refractivity contribution in [2.24, 2.45) is 0 Å². The van der Waals surface area contributed by atoms with Crippen LogP contribution in [0.1, 0.15) is 22.4 Å². The van der Waals surface area contributed by atoms with E-state index in [0.29, 0.717) is 0 Å². The maximum atomic E-state index is 3.60. The first-order valence-corrected chi connectivity index (χ1v) is 6.44. The Kier molecular flexibility index (Phi) is 1.80. The summed E-state index contributed by atoms with van der Waals surface area (Å²) in [5.74, 6) is 0. The van der Waals surface area contributed by atoms with E-state index in [1.807, 2.05) is 0 Å². The second-order valence-corrected chi connectivity index (χ2v) is 5.32. The van der Waals surface area contributed by atoms with Crippen LogP contribution in [0.2, 0.25) is 0 Å². The minimum atomic E-state index is 1.04. The number of nitrogens with one attached hydrogen (secondary N) is 1. The summed E-state index contributed by atoms with van der Waals surface area (Å²) in [5, 5.41) is 1.40. The van der Waals surface area contributed by atoms with Crippen LogP contribution in [0, 0.1) is 13.8 Å². The van der Waals surface area contributed by atoms with Crippen molar-refractivity contribution >= 4 is 10.9 Å². The summed E-state index contributed by atoms with van der Waals surface area (Å²) in [5.41, 5.74) is 9.64. The molecule has 0 atom stereocenters. The molecular formula is C17H15N. The molecule has 1 nitrogen and oxygen atoms in total. The van der Waals surface area contributed by atoms with Crippen molar-refractivity contribution < 1.29 is 0 Å². The Morgan fingerprint density at radius 2 is 1.89 bits per heavy atom. The fraction of sp³-hybridized carbons (Fsp3) is 0.176. The normalized spacial score (nSPS) is 12.8. The fourth-order valence-electron chi connectivity index (χ4n) is 3.31. The highest BCUT2D eigenvalue weighted by Crippen LogP contribution is 2.42. The highest BCUT2D eigenvalue weighted by Gasteiger charge is 2.23. The first kappa shape index (κ1) is 9.95. The molecule has 1 N–H and O–H groups in total. The van der Waals surface area contributed by atoms with Gasteiger partial charge in [0, 0.05) is 28.6 Å². The summed E-state index contributed by atoms with van der Waals surface area (Å²) >= 11 is 0. The number of fused-ring (bicyclic) bond motifs is 5. The van der Waals surface area contributed by atoms with Crippen molar-refractivity contribution in [3.8, 4) is 11.1 Å². The molecule has 1 aliphatic rings. The lowest BCUT2D eigenvalue weighted by Gasteiger charge is -2.04. The average molecular weight is 233 g/mol. The van der Waals surface area contributed by atoms with Gasteiger partial charge in [-0.05, 0) is 42.2 Å². The lowest BCUT2D eigenvalue weighted by atomic mass is 10.00. The fourth-order valence-corrected chi connectivity index (χ4v) is 3.31. The molecule has 0 bridgehead atoms. The Morgan fingerprint density at radius 3 is 2.78 bits per heavy atom. The molecule has 18 heavy (non-hydrogen) atoms. The molecule has 2 aromatic carbocycles. The van der Waals surface area contributed by atoms with Gasteiger partial charge in [-0.1, -0.05) is 30.3 Å². The molecule has 88 valence electrons. The van der Waals surface area contributed by atoms with E-state index in [-0.39, 0.29) is 0 Å². The summed E-state index contributed by atoms with van der Waals surface area (Å²) in [6.45, 7) is 4.37. The number of aromatic amines is 1. The van der Waals surface area contributed by atoms with Crippen LogP contribution in [0.5, 0.6) is 0 Å². The second-order valence-electron chi connectivity index (χ2n) is 5.32. The summed E-state index contributed by atoms with van der Waals surface area (Å²) in [6, 6.07) is 13.3. The number of aryl methyl sites for hydroxylation is 2. The molecule has 0 amide bonds. The molecule has 0 saturated heterocycles. The van der Waals surface area contributed by atoms with Crippen molar-refractivity contribution in [1.82, 2.24) is 4.98 Å². The van der Waals surface area contributed by atoms with Gasteiger partial charge < -0.3 is 4.98 Å². The van der Waals surface area contributed by atoms with Crippen LogP contribution in [0.4, 0.5) is 0 Å². The van der Waals surface area contributed by atoms with Gasteiger partial charge >= 0.3 is 0 Å². The van der Waals surface area contributed by atoms with Crippen molar-refractivity contribution in [2.75, 3.05) is 0 Å². The highest BCUT2D eigenvalue weighted by molar-refractivity contribution is 6.02. The molecule has 3 aromatic rings. The SMILES string of the molecule is Cc1cc(C)c2c3c([nH]c2c1)Cc1ccccc1-3. The van der Waals surface area contributed by atoms with Gasteiger partial charge in [-0.3, -0.25) is 0 Å². The zero-order chi connectivity index (χ0) is 12.3. The third-order valence-corrected chi connectivity index (χ3v) is 3.97. The monoisotopic (exact) mass is 233 g/mol. The van der Waals surface area contributed by atoms with Crippen molar-refractivity contribution in [1.29, 1.82) is 0 Å². The molecule has 1 heterocycles. The summed E-state index contributed by atoms with van der Waals surface area (Å²) in [6.07, 6.45) is 1.04. The topological polar surface area (TPSA) is 15.8 Å². The molecule has 1 heteroatoms. The van der Waals surface area contributed by atoms with E-state index >= 15 is 0 Å². The lowest BCUT2D eigenvalue weighted by Crippen LogP contribution is -1.84. The van der Waals surface area contributed by atoms with Crippen molar-refractivity contribution in [3.05, 3.63) is 58.8 Å². The number of benzene rings is 2. The maximum absolute atomic E-state index is 3.60. The van der Waals surface area contributed by atoms with E-state index in [1.165, 1.54) is 44.4 Å². The van der Waals surface area contributed by atoms with E-state index < -0.39 is 0 Å². The third-order valence-electron chi connectivity index (χ3n) is 3.97. The average Bonchev–Trinajstić information content (AvgIpc) is 2.83. The quantitative estimate of drug-likeness (QED) is 0.464. The van der Waals surface area contributed by atoms with Crippen LogP contribution < -0.4 is 0 Å². The van der Waals surface area contributed by atoms with Gasteiger partial charge in [0.1, 0.15) is 0 Å². The first-order valence-electron chi connectivity index (χ1n) is 6.44. The van der Waals surface area contributed by atoms with Crippen LogP contribution in [0.3, 0.4) is 0 Å². The Morgan fingerprint density at radius 1 is 1.06 bits per heavy atom. The van der Waals surface area contributed by atoms with Gasteiger partial charge in [0.25, 0.3) is 0 Å². The smallest absolute Gasteiger partial charge is 0.0467 e. The Balaban J connectivity index is 2.15. The van der Waals surface area contributed by atoms with Gasteiger partial charge in [-0.15, -0.1) is 0 Å². The molecule has 0 aliphatic heterocycles. The molecule has 0 saturated carbocycles. The summed E-state index contributed by atoms with van der Waals surface area (Å²) in [4.78, 5) is 3.60. The van der Waals surface area contributed by atoms with Crippen molar-refractivity contribution in [2.45, 2.75) is 20.3 Å². The zero-order valence-electron chi connectivity index (χ0n) is 10.7. The van der Waals surface area contributed by atoms with Crippen LogP contribution in [0.25, 0.3) is 22.0 Å². The first-order chi connectivity index (χ1) is 8.74. The van der Waals surface area contributed by atoms with Crippen molar-refractivity contribution in [3.63, 3.8) is 0 Å². The Bertz CT molecular complexity index is 778. The van der Waals surface area contributed by atoms with Gasteiger partial charge in [0.2, 0.25) is 0 Å². The molecule has 0 spiro atoms. The highest BCUT2D eigenvalue weighted by atomic mass is 14.7. The number of rotatable bonds is 0. The Labute approximate surface area is 106 Å². The number of H-pyrrole nitrogens is 1. The van der Waals surface area contributed by atoms with E-state index in [4.69, 9.17) is 0 Å². The minimum absolute atomic E-state index is 1.04. The number of aromatic nitrogens is 1. The zero-order valence-corrected chi connectivity index (χ0v) is 10.7. The molecule has 0 radical (unpaired) electrons. The van der Waals surface area contributed by atoms with Crippen LogP contribution in [-0.4, -0.2) is 4.98 Å². The van der Waals surface area contributed by atoms with E-state index in [1.54, 1.807) is 0 Å². The summed E-state index contributed by atoms with van der Waals surface area (Å²) < 4.78 is 0. The molecule has 4 rings (SSSR count). The number of hydrogen-bond acceptors (Lipinski definition) is 0. The molecule has 0 fully saturated rings. The van der Waals surface area contributed by atoms with Gasteiger partial charge in [-0.2, -0.15) is 0 Å². The minimum Gasteiger partial charge on any atom is -0.358 e. The molecule has 1 aliphatic carbocycles. The third kappa shape index (κ3) is 1.16. The molecule has 1 aromatic heterocycles. The van der Waals surface area contributed by atoms with E-state index in [2.05, 4.69) is 55.2 Å². The predicted molar refractivity (Wildman–Crippen MR) is 76.0 cm³/mol.